The number of aliphatic imine (C=N–C) groups is 1. The van der Waals surface area contributed by atoms with Crippen LogP contribution in [0.25, 0.3) is 0 Å². The Morgan fingerprint density at radius 2 is 2.14 bits per heavy atom. The highest BCUT2D eigenvalue weighted by Gasteiger charge is 2.06. The summed E-state index contributed by atoms with van der Waals surface area (Å²) in [7, 11) is 3.69. The second-order valence-electron chi connectivity index (χ2n) is 5.28. The second-order valence-corrected chi connectivity index (χ2v) is 5.28. The first kappa shape index (κ1) is 18.4. The second kappa shape index (κ2) is 11.0. The Morgan fingerprint density at radius 1 is 1.32 bits per heavy atom. The molecule has 0 spiro atoms. The fourth-order valence-corrected chi connectivity index (χ4v) is 2.17. The van der Waals surface area contributed by atoms with Crippen molar-refractivity contribution in [1.29, 1.82) is 0 Å². The summed E-state index contributed by atoms with van der Waals surface area (Å²) in [6.07, 6.45) is 3.23. The average Bonchev–Trinajstić information content (AvgIpc) is 2.49. The van der Waals surface area contributed by atoms with E-state index in [1.54, 1.807) is 19.2 Å². The first-order valence-electron chi connectivity index (χ1n) is 7.90. The van der Waals surface area contributed by atoms with Crippen molar-refractivity contribution < 1.29 is 9.13 Å². The van der Waals surface area contributed by atoms with Crippen LogP contribution in [0.1, 0.15) is 31.7 Å². The molecule has 0 heterocycles. The van der Waals surface area contributed by atoms with E-state index in [0.29, 0.717) is 6.54 Å². The van der Waals surface area contributed by atoms with Gasteiger partial charge in [0.15, 0.2) is 5.96 Å². The number of ether oxygens (including phenoxy) is 1. The maximum atomic E-state index is 13.2. The third-order valence-electron chi connectivity index (χ3n) is 3.27. The molecule has 0 saturated carbocycles. The summed E-state index contributed by atoms with van der Waals surface area (Å²) in [5, 5.41) is 3.28. The zero-order chi connectivity index (χ0) is 16.2. The van der Waals surface area contributed by atoms with Gasteiger partial charge in [-0.05, 0) is 43.9 Å². The van der Waals surface area contributed by atoms with Gasteiger partial charge in [0.2, 0.25) is 0 Å². The van der Waals surface area contributed by atoms with Gasteiger partial charge < -0.3 is 15.0 Å². The molecule has 22 heavy (non-hydrogen) atoms. The van der Waals surface area contributed by atoms with E-state index in [-0.39, 0.29) is 5.82 Å². The van der Waals surface area contributed by atoms with E-state index in [0.717, 1.165) is 50.5 Å². The van der Waals surface area contributed by atoms with Crippen LogP contribution in [0.4, 0.5) is 4.39 Å². The summed E-state index contributed by atoms with van der Waals surface area (Å²) >= 11 is 0. The summed E-state index contributed by atoms with van der Waals surface area (Å²) in [6.45, 7) is 5.09. The number of hydrogen-bond donors (Lipinski definition) is 1. The zero-order valence-electron chi connectivity index (χ0n) is 13.9. The van der Waals surface area contributed by atoms with Crippen LogP contribution in [0, 0.1) is 5.82 Å². The number of benzene rings is 1. The molecule has 0 aliphatic rings. The van der Waals surface area contributed by atoms with E-state index in [2.05, 4.69) is 10.3 Å². The topological polar surface area (TPSA) is 36.9 Å². The summed E-state index contributed by atoms with van der Waals surface area (Å²) in [5.74, 6) is 0.657. The molecule has 0 aliphatic carbocycles. The van der Waals surface area contributed by atoms with Gasteiger partial charge in [-0.15, -0.1) is 0 Å². The molecule has 0 bridgehead atoms. The normalized spacial score (nSPS) is 11.5. The predicted octanol–water partition coefficient (Wildman–Crippen LogP) is 3.04. The van der Waals surface area contributed by atoms with Crippen molar-refractivity contribution in [3.8, 4) is 0 Å². The highest BCUT2D eigenvalue weighted by molar-refractivity contribution is 5.79. The third-order valence-corrected chi connectivity index (χ3v) is 3.27. The molecule has 0 atom stereocenters. The van der Waals surface area contributed by atoms with E-state index >= 15 is 0 Å². The Kier molecular flexibility index (Phi) is 9.23. The Bertz CT molecular complexity index is 451. The lowest BCUT2D eigenvalue weighted by atomic mass is 10.2. The lowest BCUT2D eigenvalue weighted by molar-refractivity contribution is 0.192. The molecule has 0 radical (unpaired) electrons. The van der Waals surface area contributed by atoms with Gasteiger partial charge in [0.1, 0.15) is 5.82 Å². The summed E-state index contributed by atoms with van der Waals surface area (Å²) in [5.41, 5.74) is 0.938. The molecule has 1 N–H and O–H groups in total. The van der Waals surface area contributed by atoms with E-state index in [4.69, 9.17) is 4.74 Å². The van der Waals surface area contributed by atoms with Gasteiger partial charge in [0, 0.05) is 40.4 Å². The Hall–Kier alpha value is -1.62. The molecule has 0 saturated heterocycles. The molecule has 0 amide bonds. The highest BCUT2D eigenvalue weighted by atomic mass is 19.1. The number of unbranched alkanes of at least 4 members (excludes halogenated alkanes) is 2. The number of methoxy groups -OCH3 is 1. The third kappa shape index (κ3) is 7.41. The van der Waals surface area contributed by atoms with Crippen molar-refractivity contribution in [3.63, 3.8) is 0 Å². The molecular formula is C17H28FN3O. The minimum atomic E-state index is -0.203. The zero-order valence-corrected chi connectivity index (χ0v) is 13.9. The Labute approximate surface area is 133 Å². The largest absolute Gasteiger partial charge is 0.385 e. The van der Waals surface area contributed by atoms with Crippen LogP contribution in [0.3, 0.4) is 0 Å². The molecule has 1 aromatic rings. The van der Waals surface area contributed by atoms with Gasteiger partial charge in [-0.25, -0.2) is 4.39 Å². The fourth-order valence-electron chi connectivity index (χ4n) is 2.17. The van der Waals surface area contributed by atoms with Crippen LogP contribution in [0.15, 0.2) is 29.3 Å². The van der Waals surface area contributed by atoms with Crippen LogP contribution in [0.2, 0.25) is 0 Å². The van der Waals surface area contributed by atoms with Gasteiger partial charge >= 0.3 is 0 Å². The van der Waals surface area contributed by atoms with E-state index < -0.39 is 0 Å². The van der Waals surface area contributed by atoms with E-state index in [1.807, 2.05) is 24.9 Å². The minimum absolute atomic E-state index is 0.203. The summed E-state index contributed by atoms with van der Waals surface area (Å²) < 4.78 is 18.3. The molecule has 5 heteroatoms. The minimum Gasteiger partial charge on any atom is -0.385 e. The van der Waals surface area contributed by atoms with E-state index in [1.165, 1.54) is 6.07 Å². The molecule has 124 valence electrons. The lowest BCUT2D eigenvalue weighted by Gasteiger charge is -2.22. The number of nitrogens with zero attached hydrogens (tertiary/aromatic N) is 2. The average molecular weight is 309 g/mol. The SMILES string of the molecule is CCNC(=NCCCCCOC)N(C)Cc1cccc(F)c1. The standard InChI is InChI=1S/C17H28FN3O/c1-4-19-17(20-11-6-5-7-12-22-3)21(2)14-15-9-8-10-16(18)13-15/h8-10,13H,4-7,11-12,14H2,1-3H3,(H,19,20). The van der Waals surface area contributed by atoms with Crippen LogP contribution >= 0.6 is 0 Å². The predicted molar refractivity (Wildman–Crippen MR) is 89.6 cm³/mol. The lowest BCUT2D eigenvalue weighted by Crippen LogP contribution is -2.38. The smallest absolute Gasteiger partial charge is 0.193 e. The number of halogens is 1. The van der Waals surface area contributed by atoms with Crippen LogP contribution in [-0.4, -0.2) is 44.7 Å². The van der Waals surface area contributed by atoms with E-state index in [9.17, 15) is 4.39 Å². The first-order chi connectivity index (χ1) is 10.7. The molecule has 1 rings (SSSR count). The molecule has 4 nitrogen and oxygen atoms in total. The Morgan fingerprint density at radius 3 is 2.82 bits per heavy atom. The molecule has 0 fully saturated rings. The maximum absolute atomic E-state index is 13.2. The quantitative estimate of drug-likeness (QED) is 0.433. The van der Waals surface area contributed by atoms with Gasteiger partial charge in [-0.2, -0.15) is 0 Å². The molecule has 0 aromatic heterocycles. The first-order valence-corrected chi connectivity index (χ1v) is 7.90. The van der Waals surface area contributed by atoms with Crippen molar-refractivity contribution in [3.05, 3.63) is 35.6 Å². The van der Waals surface area contributed by atoms with Crippen molar-refractivity contribution >= 4 is 5.96 Å². The van der Waals surface area contributed by atoms with Crippen molar-refractivity contribution in [2.45, 2.75) is 32.7 Å². The van der Waals surface area contributed by atoms with Crippen molar-refractivity contribution in [2.24, 2.45) is 4.99 Å². The van der Waals surface area contributed by atoms with Gasteiger partial charge in [-0.1, -0.05) is 12.1 Å². The summed E-state index contributed by atoms with van der Waals surface area (Å²) in [4.78, 5) is 6.65. The maximum Gasteiger partial charge on any atom is 0.193 e. The van der Waals surface area contributed by atoms with Crippen molar-refractivity contribution in [2.75, 3.05) is 33.9 Å². The molecule has 0 aliphatic heterocycles. The number of rotatable bonds is 9. The number of hydrogen-bond acceptors (Lipinski definition) is 2. The van der Waals surface area contributed by atoms with Gasteiger partial charge in [-0.3, -0.25) is 4.99 Å². The van der Waals surface area contributed by atoms with Gasteiger partial charge in [0.05, 0.1) is 0 Å². The van der Waals surface area contributed by atoms with Crippen LogP contribution in [0.5, 0.6) is 0 Å². The summed E-state index contributed by atoms with van der Waals surface area (Å²) in [6, 6.07) is 6.68. The molecular weight excluding hydrogens is 281 g/mol. The molecule has 1 aromatic carbocycles. The Balaban J connectivity index is 2.49. The number of nitrogens with one attached hydrogen (secondary N) is 1. The van der Waals surface area contributed by atoms with Crippen LogP contribution in [-0.2, 0) is 11.3 Å². The van der Waals surface area contributed by atoms with Crippen molar-refractivity contribution in [1.82, 2.24) is 10.2 Å². The van der Waals surface area contributed by atoms with Gasteiger partial charge in [0.25, 0.3) is 0 Å². The fraction of sp³-hybridized carbons (Fsp3) is 0.588. The monoisotopic (exact) mass is 309 g/mol. The number of guanidine groups is 1. The highest BCUT2D eigenvalue weighted by Crippen LogP contribution is 2.06. The van der Waals surface area contributed by atoms with Crippen LogP contribution < -0.4 is 5.32 Å². The molecule has 0 unspecified atom stereocenters.